The fourth-order valence-electron chi connectivity index (χ4n) is 1.64. The van der Waals surface area contributed by atoms with Crippen molar-refractivity contribution < 1.29 is 19.1 Å². The summed E-state index contributed by atoms with van der Waals surface area (Å²) in [4.78, 5) is 23.0. The Morgan fingerprint density at radius 3 is 2.60 bits per heavy atom. The molecule has 1 aromatic carbocycles. The van der Waals surface area contributed by atoms with Gasteiger partial charge in [0.1, 0.15) is 5.75 Å². The number of methoxy groups -OCH3 is 2. The van der Waals surface area contributed by atoms with E-state index in [1.165, 1.54) is 42.0 Å². The molecule has 0 atom stereocenters. The Hall–Kier alpha value is -1.78. The molecule has 0 saturated heterocycles. The lowest BCUT2D eigenvalue weighted by atomic mass is 10.2. The largest absolute Gasteiger partial charge is 0.497 e. The van der Waals surface area contributed by atoms with E-state index in [1.54, 1.807) is 7.11 Å². The van der Waals surface area contributed by atoms with E-state index in [0.717, 1.165) is 17.1 Å². The number of benzene rings is 1. The van der Waals surface area contributed by atoms with Gasteiger partial charge in [-0.25, -0.2) is 0 Å². The van der Waals surface area contributed by atoms with Gasteiger partial charge in [-0.2, -0.15) is 0 Å². The van der Waals surface area contributed by atoms with E-state index in [1.807, 2.05) is 24.3 Å². The zero-order valence-electron chi connectivity index (χ0n) is 13.7. The highest BCUT2D eigenvalue weighted by Crippen LogP contribution is 2.25. The lowest BCUT2D eigenvalue weighted by Gasteiger charge is -2.04. The van der Waals surface area contributed by atoms with Crippen molar-refractivity contribution in [1.82, 2.24) is 10.2 Å². The molecule has 1 heterocycles. The van der Waals surface area contributed by atoms with Crippen LogP contribution in [0.2, 0.25) is 0 Å². The van der Waals surface area contributed by atoms with Crippen molar-refractivity contribution in [3.05, 3.63) is 29.8 Å². The molecule has 1 aromatic heterocycles. The van der Waals surface area contributed by atoms with Crippen LogP contribution in [-0.4, -0.2) is 47.8 Å². The van der Waals surface area contributed by atoms with Crippen LogP contribution in [-0.2, 0) is 20.1 Å². The third kappa shape index (κ3) is 6.92. The van der Waals surface area contributed by atoms with Gasteiger partial charge in [-0.15, -0.1) is 22.0 Å². The van der Waals surface area contributed by atoms with Gasteiger partial charge in [0.2, 0.25) is 11.0 Å². The summed E-state index contributed by atoms with van der Waals surface area (Å²) >= 11 is 3.96. The van der Waals surface area contributed by atoms with Crippen LogP contribution >= 0.6 is 34.9 Å². The molecule has 0 aliphatic rings. The van der Waals surface area contributed by atoms with E-state index in [2.05, 4.69) is 20.3 Å². The van der Waals surface area contributed by atoms with Crippen molar-refractivity contribution in [3.8, 4) is 5.75 Å². The average molecular weight is 400 g/mol. The third-order valence-corrected chi connectivity index (χ3v) is 5.80. The van der Waals surface area contributed by atoms with Crippen LogP contribution in [0.4, 0.5) is 5.13 Å². The Balaban J connectivity index is 1.71. The molecular weight excluding hydrogens is 382 g/mol. The van der Waals surface area contributed by atoms with Gasteiger partial charge in [-0.3, -0.25) is 14.9 Å². The second-order valence-corrected chi connectivity index (χ2v) is 7.81. The van der Waals surface area contributed by atoms with Crippen molar-refractivity contribution in [2.75, 3.05) is 31.0 Å². The Bertz CT molecular complexity index is 706. The summed E-state index contributed by atoms with van der Waals surface area (Å²) in [5, 5.41) is 10.9. The topological polar surface area (TPSA) is 90.4 Å². The SMILES string of the molecule is COC(=O)CSc1nnc(NC(=O)CSCc2ccc(OC)cc2)s1. The number of aromatic nitrogens is 2. The first-order valence-corrected chi connectivity index (χ1v) is 10.1. The molecule has 0 radical (unpaired) electrons. The summed E-state index contributed by atoms with van der Waals surface area (Å²) in [6.07, 6.45) is 0. The van der Waals surface area contributed by atoms with Crippen molar-refractivity contribution in [2.45, 2.75) is 10.1 Å². The zero-order valence-corrected chi connectivity index (χ0v) is 16.1. The van der Waals surface area contributed by atoms with Gasteiger partial charge >= 0.3 is 5.97 Å². The number of amides is 1. The molecular formula is C15H17N3O4S3. The smallest absolute Gasteiger partial charge is 0.316 e. The van der Waals surface area contributed by atoms with Gasteiger partial charge in [-0.1, -0.05) is 35.2 Å². The maximum Gasteiger partial charge on any atom is 0.316 e. The number of ether oxygens (including phenoxy) is 2. The minimum atomic E-state index is -0.333. The molecule has 134 valence electrons. The summed E-state index contributed by atoms with van der Waals surface area (Å²) in [6, 6.07) is 7.73. The van der Waals surface area contributed by atoms with Crippen LogP contribution in [0, 0.1) is 0 Å². The molecule has 0 aliphatic heterocycles. The molecule has 2 rings (SSSR count). The molecule has 0 spiro atoms. The molecule has 0 bridgehead atoms. The zero-order chi connectivity index (χ0) is 18.1. The van der Waals surface area contributed by atoms with E-state index in [9.17, 15) is 9.59 Å². The van der Waals surface area contributed by atoms with E-state index in [4.69, 9.17) is 4.74 Å². The van der Waals surface area contributed by atoms with Crippen LogP contribution in [0.1, 0.15) is 5.56 Å². The number of hydrogen-bond donors (Lipinski definition) is 1. The number of rotatable bonds is 9. The Kier molecular flexibility index (Phi) is 8.02. The van der Waals surface area contributed by atoms with Gasteiger partial charge in [0.05, 0.1) is 25.7 Å². The third-order valence-electron chi connectivity index (χ3n) is 2.85. The summed E-state index contributed by atoms with van der Waals surface area (Å²) in [5.74, 6) is 1.55. The van der Waals surface area contributed by atoms with Crippen LogP contribution in [0.5, 0.6) is 5.75 Å². The molecule has 7 nitrogen and oxygen atoms in total. The first-order chi connectivity index (χ1) is 12.1. The fraction of sp³-hybridized carbons (Fsp3) is 0.333. The van der Waals surface area contributed by atoms with E-state index in [0.29, 0.717) is 15.2 Å². The van der Waals surface area contributed by atoms with Crippen molar-refractivity contribution in [3.63, 3.8) is 0 Å². The lowest BCUT2D eigenvalue weighted by Crippen LogP contribution is -2.13. The van der Waals surface area contributed by atoms with E-state index in [-0.39, 0.29) is 17.6 Å². The fourth-order valence-corrected chi connectivity index (χ4v) is 4.03. The number of anilines is 1. The second kappa shape index (κ2) is 10.3. The number of nitrogens with one attached hydrogen (secondary N) is 1. The quantitative estimate of drug-likeness (QED) is 0.391. The molecule has 0 aliphatic carbocycles. The molecule has 1 amide bonds. The molecule has 1 N–H and O–H groups in total. The second-order valence-electron chi connectivity index (χ2n) is 4.63. The number of hydrogen-bond acceptors (Lipinski definition) is 9. The van der Waals surface area contributed by atoms with Gasteiger partial charge in [0.15, 0.2) is 4.34 Å². The van der Waals surface area contributed by atoms with Crippen LogP contribution in [0.3, 0.4) is 0 Å². The first kappa shape index (κ1) is 19.5. The normalized spacial score (nSPS) is 10.3. The number of esters is 1. The predicted octanol–water partition coefficient (Wildman–Crippen LogP) is 2.68. The molecule has 0 fully saturated rings. The number of thioether (sulfide) groups is 2. The minimum absolute atomic E-state index is 0.140. The Morgan fingerprint density at radius 2 is 1.92 bits per heavy atom. The summed E-state index contributed by atoms with van der Waals surface area (Å²) in [5.41, 5.74) is 1.12. The summed E-state index contributed by atoms with van der Waals surface area (Å²) in [7, 11) is 2.96. The molecule has 0 unspecified atom stereocenters. The van der Waals surface area contributed by atoms with Crippen LogP contribution in [0.15, 0.2) is 28.6 Å². The van der Waals surface area contributed by atoms with Gasteiger partial charge in [0, 0.05) is 5.75 Å². The maximum atomic E-state index is 11.9. The molecule has 25 heavy (non-hydrogen) atoms. The van der Waals surface area contributed by atoms with Crippen molar-refractivity contribution >= 4 is 51.9 Å². The average Bonchev–Trinajstić information content (AvgIpc) is 3.07. The van der Waals surface area contributed by atoms with Crippen molar-refractivity contribution in [1.29, 1.82) is 0 Å². The Morgan fingerprint density at radius 1 is 1.16 bits per heavy atom. The lowest BCUT2D eigenvalue weighted by molar-refractivity contribution is -0.137. The Labute approximate surface area is 157 Å². The number of carbonyl (C=O) groups excluding carboxylic acids is 2. The van der Waals surface area contributed by atoms with E-state index >= 15 is 0 Å². The minimum Gasteiger partial charge on any atom is -0.497 e. The van der Waals surface area contributed by atoms with Crippen molar-refractivity contribution in [2.24, 2.45) is 0 Å². The summed E-state index contributed by atoms with van der Waals surface area (Å²) < 4.78 is 10.3. The van der Waals surface area contributed by atoms with Gasteiger partial charge in [0.25, 0.3) is 0 Å². The summed E-state index contributed by atoms with van der Waals surface area (Å²) in [6.45, 7) is 0. The number of nitrogens with zero attached hydrogens (tertiary/aromatic N) is 2. The molecule has 0 saturated carbocycles. The van der Waals surface area contributed by atoms with Crippen LogP contribution < -0.4 is 10.1 Å². The monoisotopic (exact) mass is 399 g/mol. The van der Waals surface area contributed by atoms with Gasteiger partial charge in [-0.05, 0) is 17.7 Å². The number of carbonyl (C=O) groups is 2. The highest BCUT2D eigenvalue weighted by Gasteiger charge is 2.10. The molecule has 2 aromatic rings. The van der Waals surface area contributed by atoms with Gasteiger partial charge < -0.3 is 9.47 Å². The first-order valence-electron chi connectivity index (χ1n) is 7.14. The highest BCUT2D eigenvalue weighted by molar-refractivity contribution is 8.01. The predicted molar refractivity (Wildman–Crippen MR) is 100 cm³/mol. The molecule has 10 heteroatoms. The highest BCUT2D eigenvalue weighted by atomic mass is 32.2. The van der Waals surface area contributed by atoms with E-state index < -0.39 is 0 Å². The van der Waals surface area contributed by atoms with Crippen LogP contribution in [0.25, 0.3) is 0 Å². The maximum absolute atomic E-state index is 11.9. The standard InChI is InChI=1S/C15H17N3O4S3/c1-21-11-5-3-10(4-6-11)7-23-8-12(19)16-14-17-18-15(25-14)24-9-13(20)22-2/h3-6H,7-9H2,1-2H3,(H,16,17,19).